The highest BCUT2D eigenvalue weighted by atomic mass is 35.5. The van der Waals surface area contributed by atoms with E-state index in [4.69, 9.17) is 22.4 Å². The average Bonchev–Trinajstić information content (AvgIpc) is 2.29. The fraction of sp³-hybridized carbons (Fsp3) is 0.583. The molecule has 0 saturated carbocycles. The molecule has 0 amide bonds. The number of nitrogen functional groups attached to an aromatic ring is 1. The monoisotopic (exact) mass is 255 g/mol. The summed E-state index contributed by atoms with van der Waals surface area (Å²) in [5.41, 5.74) is 6.42. The number of aliphatic hydroxyl groups excluding tert-OH is 1. The van der Waals surface area contributed by atoms with Crippen molar-refractivity contribution in [2.75, 3.05) is 23.8 Å². The van der Waals surface area contributed by atoms with Crippen LogP contribution in [0.1, 0.15) is 25.7 Å². The van der Waals surface area contributed by atoms with Gasteiger partial charge < -0.3 is 15.7 Å². The number of rotatable bonds is 3. The molecule has 4 nitrogen and oxygen atoms in total. The number of hydrogen-bond donors (Lipinski definition) is 2. The minimum absolute atomic E-state index is 0.206. The van der Waals surface area contributed by atoms with E-state index < -0.39 is 0 Å². The molecule has 0 aromatic carbocycles. The van der Waals surface area contributed by atoms with Gasteiger partial charge in [-0.2, -0.15) is 0 Å². The lowest BCUT2D eigenvalue weighted by atomic mass is 9.99. The second-order valence-corrected chi connectivity index (χ2v) is 4.82. The van der Waals surface area contributed by atoms with Crippen molar-refractivity contribution < 1.29 is 5.11 Å². The van der Waals surface area contributed by atoms with E-state index in [9.17, 15) is 0 Å². The van der Waals surface area contributed by atoms with E-state index in [1.807, 2.05) is 6.07 Å². The first-order valence-electron chi connectivity index (χ1n) is 6.01. The second kappa shape index (κ2) is 5.56. The molecule has 1 fully saturated rings. The fourth-order valence-corrected chi connectivity index (χ4v) is 2.61. The molecule has 2 rings (SSSR count). The fourth-order valence-electron chi connectivity index (χ4n) is 2.40. The molecule has 94 valence electrons. The summed E-state index contributed by atoms with van der Waals surface area (Å²) in [4.78, 5) is 6.53. The lowest BCUT2D eigenvalue weighted by Crippen LogP contribution is -2.40. The lowest BCUT2D eigenvalue weighted by molar-refractivity contribution is 0.262. The molecular formula is C12H18ClN3O. The Hall–Kier alpha value is -1.00. The van der Waals surface area contributed by atoms with Crippen molar-refractivity contribution in [3.05, 3.63) is 17.3 Å². The number of nitrogens with two attached hydrogens (primary N) is 1. The maximum absolute atomic E-state index is 9.09. The molecule has 0 bridgehead atoms. The SMILES string of the molecule is Nc1cc(Cl)nc(N2CCCCC2CCO)c1. The highest BCUT2D eigenvalue weighted by molar-refractivity contribution is 6.29. The largest absolute Gasteiger partial charge is 0.399 e. The van der Waals surface area contributed by atoms with Crippen LogP contribution in [0.25, 0.3) is 0 Å². The van der Waals surface area contributed by atoms with Gasteiger partial charge in [0.15, 0.2) is 0 Å². The zero-order valence-corrected chi connectivity index (χ0v) is 10.5. The Balaban J connectivity index is 2.22. The topological polar surface area (TPSA) is 62.4 Å². The molecular weight excluding hydrogens is 238 g/mol. The van der Waals surface area contributed by atoms with Crippen molar-refractivity contribution in [1.82, 2.24) is 4.98 Å². The summed E-state index contributed by atoms with van der Waals surface area (Å²) in [5.74, 6) is 0.827. The van der Waals surface area contributed by atoms with Crippen LogP contribution in [0.3, 0.4) is 0 Å². The van der Waals surface area contributed by atoms with Crippen molar-refractivity contribution in [3.8, 4) is 0 Å². The van der Waals surface area contributed by atoms with Gasteiger partial charge in [-0.3, -0.25) is 0 Å². The molecule has 1 atom stereocenters. The predicted molar refractivity (Wildman–Crippen MR) is 70.3 cm³/mol. The van der Waals surface area contributed by atoms with Crippen molar-refractivity contribution in [3.63, 3.8) is 0 Å². The standard InChI is InChI=1S/C12H18ClN3O/c13-11-7-9(14)8-12(15-11)16-5-2-1-3-10(16)4-6-17/h7-8,10,17H,1-6H2,(H2,14,15). The van der Waals surface area contributed by atoms with Gasteiger partial charge in [-0.25, -0.2) is 4.98 Å². The number of hydrogen-bond acceptors (Lipinski definition) is 4. The third kappa shape index (κ3) is 3.01. The maximum atomic E-state index is 9.09. The van der Waals surface area contributed by atoms with Crippen molar-refractivity contribution in [2.45, 2.75) is 31.7 Å². The highest BCUT2D eigenvalue weighted by Crippen LogP contribution is 2.27. The number of anilines is 2. The minimum Gasteiger partial charge on any atom is -0.399 e. The van der Waals surface area contributed by atoms with Crippen LogP contribution in [0.15, 0.2) is 12.1 Å². The first kappa shape index (κ1) is 12.5. The molecule has 1 aromatic heterocycles. The molecule has 1 aromatic rings. The Kier molecular flexibility index (Phi) is 4.07. The summed E-state index contributed by atoms with van der Waals surface area (Å²) in [6.07, 6.45) is 4.22. The van der Waals surface area contributed by atoms with Gasteiger partial charge in [0.2, 0.25) is 0 Å². The zero-order valence-electron chi connectivity index (χ0n) is 9.77. The molecule has 1 unspecified atom stereocenters. The van der Waals surface area contributed by atoms with Gasteiger partial charge >= 0.3 is 0 Å². The molecule has 0 spiro atoms. The second-order valence-electron chi connectivity index (χ2n) is 4.44. The number of aromatic nitrogens is 1. The molecule has 5 heteroatoms. The van der Waals surface area contributed by atoms with Gasteiger partial charge in [0.25, 0.3) is 0 Å². The molecule has 2 heterocycles. The minimum atomic E-state index is 0.206. The molecule has 3 N–H and O–H groups in total. The third-order valence-corrected chi connectivity index (χ3v) is 3.38. The summed E-state index contributed by atoms with van der Waals surface area (Å²) in [6, 6.07) is 3.84. The molecule has 1 saturated heterocycles. The quantitative estimate of drug-likeness (QED) is 0.812. The van der Waals surface area contributed by atoms with Gasteiger partial charge in [-0.15, -0.1) is 0 Å². The molecule has 1 aliphatic rings. The zero-order chi connectivity index (χ0) is 12.3. The first-order chi connectivity index (χ1) is 8.20. The van der Waals surface area contributed by atoms with E-state index >= 15 is 0 Å². The number of pyridine rings is 1. The smallest absolute Gasteiger partial charge is 0.133 e. The predicted octanol–water partition coefficient (Wildman–Crippen LogP) is 2.06. The van der Waals surface area contributed by atoms with Crippen molar-refractivity contribution >= 4 is 23.1 Å². The van der Waals surface area contributed by atoms with E-state index in [0.29, 0.717) is 16.9 Å². The molecule has 17 heavy (non-hydrogen) atoms. The first-order valence-corrected chi connectivity index (χ1v) is 6.39. The van der Waals surface area contributed by atoms with Crippen LogP contribution in [0.2, 0.25) is 5.15 Å². The molecule has 1 aliphatic heterocycles. The lowest BCUT2D eigenvalue weighted by Gasteiger charge is -2.36. The van der Waals surface area contributed by atoms with E-state index in [2.05, 4.69) is 9.88 Å². The Bertz CT molecular complexity index is 364. The van der Waals surface area contributed by atoms with Gasteiger partial charge in [0, 0.05) is 30.9 Å². The Labute approximate surface area is 106 Å². The van der Waals surface area contributed by atoms with E-state index in [-0.39, 0.29) is 6.61 Å². The normalized spacial score (nSPS) is 20.6. The maximum Gasteiger partial charge on any atom is 0.133 e. The van der Waals surface area contributed by atoms with Crippen LogP contribution >= 0.6 is 11.6 Å². The van der Waals surface area contributed by atoms with Crippen molar-refractivity contribution in [2.24, 2.45) is 0 Å². The van der Waals surface area contributed by atoms with Gasteiger partial charge in [-0.05, 0) is 31.7 Å². The summed E-state index contributed by atoms with van der Waals surface area (Å²) in [5, 5.41) is 9.52. The van der Waals surface area contributed by atoms with E-state index in [0.717, 1.165) is 31.6 Å². The van der Waals surface area contributed by atoms with Crippen molar-refractivity contribution in [1.29, 1.82) is 0 Å². The summed E-state index contributed by atoms with van der Waals surface area (Å²) < 4.78 is 0. The van der Waals surface area contributed by atoms with Crippen LogP contribution in [0.5, 0.6) is 0 Å². The van der Waals surface area contributed by atoms with Gasteiger partial charge in [-0.1, -0.05) is 11.6 Å². The van der Waals surface area contributed by atoms with E-state index in [1.54, 1.807) is 6.07 Å². The van der Waals surface area contributed by atoms with Crippen LogP contribution < -0.4 is 10.6 Å². The Morgan fingerprint density at radius 2 is 2.29 bits per heavy atom. The van der Waals surface area contributed by atoms with Crippen LogP contribution in [-0.4, -0.2) is 29.3 Å². The number of piperidine rings is 1. The van der Waals surface area contributed by atoms with Crippen LogP contribution in [0.4, 0.5) is 11.5 Å². The van der Waals surface area contributed by atoms with Crippen LogP contribution in [-0.2, 0) is 0 Å². The van der Waals surface area contributed by atoms with E-state index in [1.165, 1.54) is 6.42 Å². The number of nitrogens with zero attached hydrogens (tertiary/aromatic N) is 2. The Morgan fingerprint density at radius 3 is 3.00 bits per heavy atom. The summed E-state index contributed by atoms with van der Waals surface area (Å²) in [7, 11) is 0. The summed E-state index contributed by atoms with van der Waals surface area (Å²) >= 11 is 5.93. The van der Waals surface area contributed by atoms with Crippen LogP contribution in [0, 0.1) is 0 Å². The van der Waals surface area contributed by atoms with Gasteiger partial charge in [0.05, 0.1) is 0 Å². The number of aliphatic hydroxyl groups is 1. The van der Waals surface area contributed by atoms with Gasteiger partial charge in [0.1, 0.15) is 11.0 Å². The Morgan fingerprint density at radius 1 is 1.47 bits per heavy atom. The average molecular weight is 256 g/mol. The number of halogens is 1. The highest BCUT2D eigenvalue weighted by Gasteiger charge is 2.23. The molecule has 0 radical (unpaired) electrons. The molecule has 0 aliphatic carbocycles. The summed E-state index contributed by atoms with van der Waals surface area (Å²) in [6.45, 7) is 1.16. The third-order valence-electron chi connectivity index (χ3n) is 3.19.